The molecule has 106 valence electrons. The smallest absolute Gasteiger partial charge is 0.360 e. The second-order valence-corrected chi connectivity index (χ2v) is 3.97. The number of aliphatic carboxylic acids is 1. The minimum Gasteiger partial charge on any atom is -0.481 e. The van der Waals surface area contributed by atoms with Crippen LogP contribution >= 0.6 is 0 Å². The van der Waals surface area contributed by atoms with E-state index < -0.39 is 11.9 Å². The predicted octanol–water partition coefficient (Wildman–Crippen LogP) is 1.54. The number of carbonyl (C=O) groups excluding carboxylic acids is 1. The van der Waals surface area contributed by atoms with E-state index in [2.05, 4.69) is 4.98 Å². The molecule has 0 aromatic carbocycles. The molecule has 0 saturated carbocycles. The van der Waals surface area contributed by atoms with Gasteiger partial charge in [0, 0.05) is 12.6 Å². The largest absolute Gasteiger partial charge is 0.481 e. The molecule has 0 aliphatic carbocycles. The van der Waals surface area contributed by atoms with Gasteiger partial charge in [0.2, 0.25) is 0 Å². The maximum Gasteiger partial charge on any atom is 0.360 e. The van der Waals surface area contributed by atoms with Crippen molar-refractivity contribution >= 4 is 18.0 Å². The molecular formula is C12H18N2O5. The van der Waals surface area contributed by atoms with Crippen LogP contribution in [0.15, 0.2) is 10.7 Å². The molecule has 0 amide bonds. The topological polar surface area (TPSA) is 92.9 Å². The molecule has 1 unspecified atom stereocenters. The van der Waals surface area contributed by atoms with Crippen molar-refractivity contribution in [2.75, 3.05) is 18.1 Å². The number of esters is 1. The van der Waals surface area contributed by atoms with Crippen LogP contribution in [0, 0.1) is 0 Å². The van der Waals surface area contributed by atoms with Crippen molar-refractivity contribution in [1.82, 2.24) is 4.98 Å². The Morgan fingerprint density at radius 2 is 2.21 bits per heavy atom. The quantitative estimate of drug-likeness (QED) is 0.751. The molecule has 0 saturated heterocycles. The summed E-state index contributed by atoms with van der Waals surface area (Å²) in [6, 6.07) is -0.0597. The van der Waals surface area contributed by atoms with E-state index >= 15 is 0 Å². The van der Waals surface area contributed by atoms with Crippen LogP contribution in [0.1, 0.15) is 37.7 Å². The van der Waals surface area contributed by atoms with Gasteiger partial charge in [0.15, 0.2) is 5.69 Å². The van der Waals surface area contributed by atoms with Crippen molar-refractivity contribution in [3.8, 4) is 0 Å². The molecule has 0 aliphatic rings. The van der Waals surface area contributed by atoms with Crippen LogP contribution in [0.25, 0.3) is 0 Å². The number of anilines is 1. The molecule has 1 heterocycles. The third-order valence-electron chi connectivity index (χ3n) is 2.57. The number of carboxylic acids is 1. The Balaban J connectivity index is 2.82. The van der Waals surface area contributed by atoms with Gasteiger partial charge in [-0.25, -0.2) is 4.79 Å². The summed E-state index contributed by atoms with van der Waals surface area (Å²) in [6.45, 7) is 6.09. The van der Waals surface area contributed by atoms with Gasteiger partial charge in [-0.3, -0.25) is 4.79 Å². The maximum atomic E-state index is 11.5. The SMILES string of the molecule is CCOC(=O)c1coc(N(CC)C(C)CC(=O)O)n1. The Bertz CT molecular complexity index is 443. The molecule has 0 radical (unpaired) electrons. The number of carboxylic acid groups (broad SMARTS) is 1. The van der Waals surface area contributed by atoms with Crippen molar-refractivity contribution in [2.24, 2.45) is 0 Å². The Morgan fingerprint density at radius 3 is 2.74 bits per heavy atom. The van der Waals surface area contributed by atoms with Crippen LogP contribution in [0.5, 0.6) is 0 Å². The molecule has 7 nitrogen and oxygen atoms in total. The standard InChI is InChI=1S/C12H18N2O5/c1-4-14(8(3)6-10(15)16)12-13-9(7-19-12)11(17)18-5-2/h7-8H,4-6H2,1-3H3,(H,15,16). The predicted molar refractivity (Wildman–Crippen MR) is 67.2 cm³/mol. The second kappa shape index (κ2) is 6.77. The summed E-state index contributed by atoms with van der Waals surface area (Å²) in [5.74, 6) is -1.46. The highest BCUT2D eigenvalue weighted by molar-refractivity contribution is 5.87. The molecule has 1 aromatic rings. The van der Waals surface area contributed by atoms with E-state index in [1.54, 1.807) is 18.7 Å². The van der Waals surface area contributed by atoms with E-state index in [9.17, 15) is 9.59 Å². The minimum atomic E-state index is -0.900. The highest BCUT2D eigenvalue weighted by Gasteiger charge is 2.22. The molecule has 0 bridgehead atoms. The zero-order valence-corrected chi connectivity index (χ0v) is 11.3. The summed E-state index contributed by atoms with van der Waals surface area (Å²) in [5, 5.41) is 8.79. The fourth-order valence-electron chi connectivity index (χ4n) is 1.69. The normalized spacial score (nSPS) is 11.9. The van der Waals surface area contributed by atoms with Gasteiger partial charge < -0.3 is 19.2 Å². The van der Waals surface area contributed by atoms with Crippen LogP contribution in [0.3, 0.4) is 0 Å². The molecule has 0 fully saturated rings. The third-order valence-corrected chi connectivity index (χ3v) is 2.57. The zero-order chi connectivity index (χ0) is 14.4. The number of aromatic nitrogens is 1. The average Bonchev–Trinajstić information content (AvgIpc) is 2.78. The number of hydrogen-bond donors (Lipinski definition) is 1. The lowest BCUT2D eigenvalue weighted by atomic mass is 10.2. The van der Waals surface area contributed by atoms with Crippen molar-refractivity contribution in [3.63, 3.8) is 0 Å². The number of hydrogen-bond acceptors (Lipinski definition) is 6. The van der Waals surface area contributed by atoms with Crippen LogP contribution in [0.2, 0.25) is 0 Å². The summed E-state index contributed by atoms with van der Waals surface area (Å²) < 4.78 is 10.0. The van der Waals surface area contributed by atoms with Gasteiger partial charge in [-0.05, 0) is 20.8 Å². The molecule has 1 atom stereocenters. The summed E-state index contributed by atoms with van der Waals surface area (Å²) in [4.78, 5) is 27.9. The fourth-order valence-corrected chi connectivity index (χ4v) is 1.69. The lowest BCUT2D eigenvalue weighted by Gasteiger charge is -2.24. The highest BCUT2D eigenvalue weighted by atomic mass is 16.5. The maximum absolute atomic E-state index is 11.5. The highest BCUT2D eigenvalue weighted by Crippen LogP contribution is 2.18. The fraction of sp³-hybridized carbons (Fsp3) is 0.583. The first-order valence-electron chi connectivity index (χ1n) is 6.10. The Labute approximate surface area is 111 Å². The lowest BCUT2D eigenvalue weighted by Crippen LogP contribution is -2.34. The third kappa shape index (κ3) is 3.97. The molecule has 0 aliphatic heterocycles. The molecule has 1 N–H and O–H groups in total. The van der Waals surface area contributed by atoms with Crippen molar-refractivity contribution < 1.29 is 23.8 Å². The van der Waals surface area contributed by atoms with Gasteiger partial charge in [0.1, 0.15) is 6.26 Å². The molecule has 7 heteroatoms. The van der Waals surface area contributed by atoms with Crippen molar-refractivity contribution in [3.05, 3.63) is 12.0 Å². The first-order chi connectivity index (χ1) is 8.99. The van der Waals surface area contributed by atoms with E-state index in [0.717, 1.165) is 0 Å². The summed E-state index contributed by atoms with van der Waals surface area (Å²) in [6.07, 6.45) is 1.18. The summed E-state index contributed by atoms with van der Waals surface area (Å²) >= 11 is 0. The Kier molecular flexibility index (Phi) is 5.35. The van der Waals surface area contributed by atoms with Crippen LogP contribution in [0.4, 0.5) is 6.01 Å². The monoisotopic (exact) mass is 270 g/mol. The van der Waals surface area contributed by atoms with Crippen molar-refractivity contribution in [2.45, 2.75) is 33.2 Å². The van der Waals surface area contributed by atoms with Gasteiger partial charge in [-0.2, -0.15) is 4.98 Å². The average molecular weight is 270 g/mol. The van der Waals surface area contributed by atoms with E-state index in [1.807, 2.05) is 6.92 Å². The van der Waals surface area contributed by atoms with Gasteiger partial charge >= 0.3 is 11.9 Å². The number of nitrogens with zero attached hydrogens (tertiary/aromatic N) is 2. The first kappa shape index (κ1) is 15.0. The number of oxazole rings is 1. The Hall–Kier alpha value is -2.05. The van der Waals surface area contributed by atoms with Crippen LogP contribution in [-0.4, -0.2) is 41.2 Å². The zero-order valence-electron chi connectivity index (χ0n) is 11.3. The van der Waals surface area contributed by atoms with Crippen LogP contribution in [-0.2, 0) is 9.53 Å². The van der Waals surface area contributed by atoms with Gasteiger partial charge in [0.25, 0.3) is 6.01 Å². The number of rotatable bonds is 7. The first-order valence-corrected chi connectivity index (χ1v) is 6.10. The molecule has 0 spiro atoms. The van der Waals surface area contributed by atoms with Gasteiger partial charge in [0.05, 0.1) is 13.0 Å². The lowest BCUT2D eigenvalue weighted by molar-refractivity contribution is -0.137. The van der Waals surface area contributed by atoms with Crippen molar-refractivity contribution in [1.29, 1.82) is 0 Å². The van der Waals surface area contributed by atoms with Crippen LogP contribution < -0.4 is 4.90 Å². The number of ether oxygens (including phenoxy) is 1. The summed E-state index contributed by atoms with van der Waals surface area (Å²) in [5.41, 5.74) is 0.0813. The Morgan fingerprint density at radius 1 is 1.53 bits per heavy atom. The minimum absolute atomic E-state index is 0.0367. The number of carbonyl (C=O) groups is 2. The summed E-state index contributed by atoms with van der Waals surface area (Å²) in [7, 11) is 0. The van der Waals surface area contributed by atoms with E-state index in [-0.39, 0.29) is 30.8 Å². The molecule has 19 heavy (non-hydrogen) atoms. The molecule has 1 rings (SSSR count). The van der Waals surface area contributed by atoms with E-state index in [0.29, 0.717) is 6.54 Å². The van der Waals surface area contributed by atoms with E-state index in [1.165, 1.54) is 6.26 Å². The molecule has 1 aromatic heterocycles. The van der Waals surface area contributed by atoms with E-state index in [4.69, 9.17) is 14.3 Å². The molecular weight excluding hydrogens is 252 g/mol. The van der Waals surface area contributed by atoms with Gasteiger partial charge in [-0.15, -0.1) is 0 Å². The second-order valence-electron chi connectivity index (χ2n) is 3.97. The van der Waals surface area contributed by atoms with Gasteiger partial charge in [-0.1, -0.05) is 0 Å².